The molecule has 0 spiro atoms. The zero-order chi connectivity index (χ0) is 49.2. The van der Waals surface area contributed by atoms with Crippen LogP contribution in [0.4, 0.5) is 53.5 Å². The Hall–Kier alpha value is -8.31. The predicted molar refractivity (Wildman–Crippen MR) is 265 cm³/mol. The molecule has 0 radical (unpaired) electrons. The third-order valence-corrected chi connectivity index (χ3v) is 10.4. The molecule has 5 N–H and O–H groups in total. The average molecular weight is 949 g/mol. The van der Waals surface area contributed by atoms with Crippen LogP contribution in [0.5, 0.6) is 34.5 Å². The fourth-order valence-electron chi connectivity index (χ4n) is 6.83. The van der Waals surface area contributed by atoms with E-state index in [-0.39, 0.29) is 32.3 Å². The van der Waals surface area contributed by atoms with Gasteiger partial charge in [-0.25, -0.2) is 0 Å². The van der Waals surface area contributed by atoms with E-state index < -0.39 is 0 Å². The van der Waals surface area contributed by atoms with Gasteiger partial charge in [-0.2, -0.15) is 44.9 Å². The van der Waals surface area contributed by atoms with Gasteiger partial charge in [0.1, 0.15) is 0 Å². The molecule has 9 rings (SSSR count). The summed E-state index contributed by atoms with van der Waals surface area (Å²) in [6, 6.07) is 17.6. The van der Waals surface area contributed by atoms with Crippen molar-refractivity contribution in [1.82, 2.24) is 44.9 Å². The number of anilines is 9. The number of ether oxygens (including phenoxy) is 6. The van der Waals surface area contributed by atoms with Gasteiger partial charge in [0, 0.05) is 95.7 Å². The molecular weight excluding hydrogens is 889 g/mol. The lowest BCUT2D eigenvalue weighted by atomic mass is 10.1. The Labute approximate surface area is 401 Å². The van der Waals surface area contributed by atoms with Crippen LogP contribution in [0.25, 0.3) is 0 Å². The van der Waals surface area contributed by atoms with E-state index in [9.17, 15) is 0 Å². The Morgan fingerprint density at radius 3 is 1.28 bits per heavy atom. The molecule has 3 aromatic heterocycles. The summed E-state index contributed by atoms with van der Waals surface area (Å²) < 4.78 is 32.8. The van der Waals surface area contributed by atoms with Gasteiger partial charge in [-0.3, -0.25) is 0 Å². The van der Waals surface area contributed by atoms with E-state index in [2.05, 4.69) is 50.2 Å². The molecule has 24 heteroatoms. The molecule has 0 aliphatic carbocycles. The summed E-state index contributed by atoms with van der Waals surface area (Å²) in [4.78, 5) is 49.8. The number of fused-ring (bicyclic) bond motifs is 3. The van der Waals surface area contributed by atoms with Crippen molar-refractivity contribution in [3.05, 3.63) is 71.3 Å². The molecule has 0 fully saturated rings. The number of nitrogens with one attached hydrogen (secondary N) is 1. The molecule has 6 aromatic rings. The van der Waals surface area contributed by atoms with Crippen molar-refractivity contribution in [2.24, 2.45) is 0 Å². The van der Waals surface area contributed by atoms with Gasteiger partial charge >= 0.3 is 0 Å². The van der Waals surface area contributed by atoms with E-state index in [1.165, 1.54) is 0 Å². The number of hydrogen-bond donors (Lipinski definition) is 3. The SMILES string of the molecule is CN(C)c1nc(N)nc(N(C)CCc2cccc3c2OCO3)n1.CN(C)c1nc(N)nc(N(C)Cc2cccc3c2OCO3)n1.CN(C)c1nc(NCCc2cccc3c2OCO3)nc(N(C)C)n1. The number of nitrogens with two attached hydrogens (primary N) is 2. The zero-order valence-electron chi connectivity index (χ0n) is 40.7. The molecule has 0 amide bonds. The van der Waals surface area contributed by atoms with Crippen molar-refractivity contribution in [2.45, 2.75) is 19.4 Å². The van der Waals surface area contributed by atoms with Gasteiger partial charge in [-0.05, 0) is 42.2 Å². The van der Waals surface area contributed by atoms with Crippen LogP contribution in [0.15, 0.2) is 54.6 Å². The van der Waals surface area contributed by atoms with E-state index in [0.29, 0.717) is 54.7 Å². The lowest BCUT2D eigenvalue weighted by molar-refractivity contribution is 0.173. The molecule has 69 heavy (non-hydrogen) atoms. The molecule has 3 aromatic carbocycles. The second-order valence-electron chi connectivity index (χ2n) is 16.6. The average Bonchev–Trinajstić information content (AvgIpc) is 4.13. The number of likely N-dealkylation sites (N-methyl/N-ethyl adjacent to an activating group) is 1. The van der Waals surface area contributed by atoms with E-state index in [4.69, 9.17) is 39.9 Å². The number of nitrogens with zero attached hydrogens (tertiary/aromatic N) is 15. The minimum Gasteiger partial charge on any atom is -0.454 e. The van der Waals surface area contributed by atoms with Gasteiger partial charge in [-0.15, -0.1) is 0 Å². The monoisotopic (exact) mass is 948 g/mol. The third-order valence-electron chi connectivity index (χ3n) is 10.4. The first kappa shape index (κ1) is 48.6. The summed E-state index contributed by atoms with van der Waals surface area (Å²) in [5.74, 6) is 9.09. The van der Waals surface area contributed by atoms with Crippen molar-refractivity contribution in [2.75, 3.05) is 150 Å². The minimum atomic E-state index is 0.193. The lowest BCUT2D eigenvalue weighted by Gasteiger charge is -2.20. The topological polar surface area (TPSA) is 255 Å². The molecule has 366 valence electrons. The Balaban J connectivity index is 0.000000153. The highest BCUT2D eigenvalue weighted by Crippen LogP contribution is 2.38. The van der Waals surface area contributed by atoms with Gasteiger partial charge in [-0.1, -0.05) is 36.4 Å². The quantitative estimate of drug-likeness (QED) is 0.134. The number of rotatable bonds is 15. The van der Waals surface area contributed by atoms with Crippen molar-refractivity contribution in [1.29, 1.82) is 0 Å². The van der Waals surface area contributed by atoms with Crippen molar-refractivity contribution in [3.8, 4) is 34.5 Å². The highest BCUT2D eigenvalue weighted by Gasteiger charge is 2.21. The van der Waals surface area contributed by atoms with Crippen LogP contribution in [0, 0.1) is 0 Å². The summed E-state index contributed by atoms with van der Waals surface area (Å²) in [6.45, 7) is 2.78. The first-order valence-corrected chi connectivity index (χ1v) is 21.9. The number of benzene rings is 3. The third kappa shape index (κ3) is 12.4. The first-order valence-electron chi connectivity index (χ1n) is 21.9. The van der Waals surface area contributed by atoms with Crippen LogP contribution in [-0.2, 0) is 19.4 Å². The highest BCUT2D eigenvalue weighted by atomic mass is 16.7. The number of nitrogen functional groups attached to an aromatic ring is 2. The van der Waals surface area contributed by atoms with Crippen LogP contribution < -0.4 is 74.6 Å². The van der Waals surface area contributed by atoms with E-state index >= 15 is 0 Å². The maximum absolute atomic E-state index is 5.76. The van der Waals surface area contributed by atoms with Gasteiger partial charge in [0.05, 0.1) is 0 Å². The Kier molecular flexibility index (Phi) is 15.5. The molecule has 0 saturated carbocycles. The second-order valence-corrected chi connectivity index (χ2v) is 16.6. The summed E-state index contributed by atoms with van der Waals surface area (Å²) in [5, 5.41) is 3.26. The fraction of sp³-hybridized carbons (Fsp3) is 0.400. The van der Waals surface area contributed by atoms with Gasteiger partial charge in [0.25, 0.3) is 0 Å². The molecule has 24 nitrogen and oxygen atoms in total. The lowest BCUT2D eigenvalue weighted by Crippen LogP contribution is -2.25. The first-order chi connectivity index (χ1) is 33.1. The van der Waals surface area contributed by atoms with Gasteiger partial charge in [0.2, 0.25) is 73.9 Å². The number of aromatic nitrogens is 9. The molecule has 6 heterocycles. The van der Waals surface area contributed by atoms with E-state index in [1.54, 1.807) is 9.80 Å². The Morgan fingerprint density at radius 2 is 0.812 bits per heavy atom. The summed E-state index contributed by atoms with van der Waals surface area (Å²) in [7, 11) is 18.9. The van der Waals surface area contributed by atoms with E-state index in [0.717, 1.165) is 70.6 Å². The molecule has 0 atom stereocenters. The fourth-order valence-corrected chi connectivity index (χ4v) is 6.83. The normalized spacial score (nSPS) is 12.3. The predicted octanol–water partition coefficient (Wildman–Crippen LogP) is 3.20. The van der Waals surface area contributed by atoms with Crippen LogP contribution in [-0.4, -0.2) is 149 Å². The van der Waals surface area contributed by atoms with Crippen molar-refractivity contribution < 1.29 is 28.4 Å². The smallest absolute Gasteiger partial charge is 0.232 e. The number of para-hydroxylation sites is 3. The molecule has 0 bridgehead atoms. The highest BCUT2D eigenvalue weighted by molar-refractivity contribution is 5.52. The molecule has 3 aliphatic rings. The minimum absolute atomic E-state index is 0.193. The molecular formula is C45H60N18O6. The van der Waals surface area contributed by atoms with Crippen LogP contribution in [0.1, 0.15) is 16.7 Å². The largest absolute Gasteiger partial charge is 0.454 e. The number of hydrogen-bond acceptors (Lipinski definition) is 24. The van der Waals surface area contributed by atoms with Crippen LogP contribution >= 0.6 is 0 Å². The standard InChI is InChI=1S/C16H22N6O2.C15H20N6O2.C14H18N6O2/c1-21(2)15-18-14(19-16(20-15)22(3)4)17-9-8-11-6-5-7-12-13(11)24-10-23-12;1-20(2)14-17-13(16)18-15(19-14)21(3)8-7-10-5-4-6-11-12(10)23-9-22-11;1-19(2)13-16-12(15)17-14(18-13)20(3)7-9-5-4-6-10-11(9)22-8-21-10/h5-7H,8-10H2,1-4H3,(H,17,18,19,20);4-6H,7-9H2,1-3H3,(H2,16,17,18,19);4-6H,7-8H2,1-3H3,(H2,15,16,17,18). The second kappa shape index (κ2) is 22.0. The summed E-state index contributed by atoms with van der Waals surface area (Å²) in [5.41, 5.74) is 14.7. The van der Waals surface area contributed by atoms with Crippen LogP contribution in [0.3, 0.4) is 0 Å². The molecule has 0 saturated heterocycles. The maximum Gasteiger partial charge on any atom is 0.232 e. The molecule has 3 aliphatic heterocycles. The van der Waals surface area contributed by atoms with Gasteiger partial charge in [0.15, 0.2) is 34.5 Å². The maximum atomic E-state index is 5.76. The molecule has 0 unspecified atom stereocenters. The summed E-state index contributed by atoms with van der Waals surface area (Å²) >= 11 is 0. The Bertz CT molecular complexity index is 2670. The Morgan fingerprint density at radius 1 is 0.435 bits per heavy atom. The van der Waals surface area contributed by atoms with Gasteiger partial charge < -0.3 is 74.6 Å². The van der Waals surface area contributed by atoms with Crippen molar-refractivity contribution in [3.63, 3.8) is 0 Å². The van der Waals surface area contributed by atoms with E-state index in [1.807, 2.05) is 145 Å². The van der Waals surface area contributed by atoms with Crippen molar-refractivity contribution >= 4 is 53.5 Å². The van der Waals surface area contributed by atoms with Crippen LogP contribution in [0.2, 0.25) is 0 Å². The summed E-state index contributed by atoms with van der Waals surface area (Å²) in [6.07, 6.45) is 1.57. The zero-order valence-corrected chi connectivity index (χ0v) is 40.7.